The highest BCUT2D eigenvalue weighted by atomic mass is 16.5. The highest BCUT2D eigenvalue weighted by Gasteiger charge is 2.11. The van der Waals surface area contributed by atoms with Gasteiger partial charge in [-0.05, 0) is 103 Å². The monoisotopic (exact) mass is 578 g/mol. The fraction of sp³-hybridized carbons (Fsp3) is 0.100. The first kappa shape index (κ1) is 28.6. The predicted octanol–water partition coefficient (Wildman–Crippen LogP) is 10.2. The molecule has 0 heterocycles. The molecule has 0 spiro atoms. The van der Waals surface area contributed by atoms with Gasteiger partial charge in [-0.2, -0.15) is 0 Å². The number of methoxy groups -OCH3 is 4. The summed E-state index contributed by atoms with van der Waals surface area (Å²) in [5.74, 6) is 3.48. The molecule has 4 nitrogen and oxygen atoms in total. The Kier molecular flexibility index (Phi) is 8.33. The molecule has 7 rings (SSSR count). The van der Waals surface area contributed by atoms with Crippen molar-refractivity contribution in [2.45, 2.75) is 0 Å². The van der Waals surface area contributed by atoms with Gasteiger partial charge in [0.15, 0.2) is 0 Å². The van der Waals surface area contributed by atoms with E-state index in [-0.39, 0.29) is 0 Å². The number of hydrogen-bond acceptors (Lipinski definition) is 4. The molecular weight excluding hydrogens is 544 g/mol. The van der Waals surface area contributed by atoms with E-state index in [1.807, 2.05) is 36.4 Å². The zero-order chi connectivity index (χ0) is 30.5. The molecule has 44 heavy (non-hydrogen) atoms. The van der Waals surface area contributed by atoms with Crippen LogP contribution in [0.3, 0.4) is 0 Å². The van der Waals surface area contributed by atoms with Gasteiger partial charge in [-0.3, -0.25) is 0 Å². The SMILES string of the molecule is COc1ccc2c3ccc(OC)cc3c3ccccc3c2c1.COc1cccc(-c2ccccc2-c2cccc(OC)c2)c1. The van der Waals surface area contributed by atoms with Crippen molar-refractivity contribution in [2.75, 3.05) is 28.4 Å². The maximum atomic E-state index is 5.40. The van der Waals surface area contributed by atoms with E-state index in [0.29, 0.717) is 0 Å². The molecule has 0 radical (unpaired) electrons. The fourth-order valence-electron chi connectivity index (χ4n) is 5.74. The Morgan fingerprint density at radius 1 is 0.295 bits per heavy atom. The van der Waals surface area contributed by atoms with Crippen molar-refractivity contribution >= 4 is 32.3 Å². The molecular formula is C40H34O4. The van der Waals surface area contributed by atoms with Crippen LogP contribution in [0, 0.1) is 0 Å². The Morgan fingerprint density at radius 3 is 1.07 bits per heavy atom. The first-order valence-electron chi connectivity index (χ1n) is 14.5. The second-order valence-electron chi connectivity index (χ2n) is 10.4. The van der Waals surface area contributed by atoms with E-state index in [1.54, 1.807) is 28.4 Å². The Balaban J connectivity index is 0.000000156. The highest BCUT2D eigenvalue weighted by Crippen LogP contribution is 2.38. The molecule has 7 aromatic carbocycles. The average Bonchev–Trinajstić information content (AvgIpc) is 3.11. The molecule has 0 aromatic heterocycles. The van der Waals surface area contributed by atoms with Gasteiger partial charge in [-0.15, -0.1) is 0 Å². The summed E-state index contributed by atoms with van der Waals surface area (Å²) < 4.78 is 21.5. The molecule has 0 unspecified atom stereocenters. The Hall–Kier alpha value is -5.48. The molecule has 0 saturated heterocycles. The summed E-state index contributed by atoms with van der Waals surface area (Å²) in [5.41, 5.74) is 4.62. The molecule has 0 atom stereocenters. The van der Waals surface area contributed by atoms with E-state index in [1.165, 1.54) is 43.4 Å². The van der Waals surface area contributed by atoms with Crippen molar-refractivity contribution in [3.63, 3.8) is 0 Å². The lowest BCUT2D eigenvalue weighted by Crippen LogP contribution is -1.88. The van der Waals surface area contributed by atoms with Gasteiger partial charge < -0.3 is 18.9 Å². The molecule has 0 N–H and O–H groups in total. The molecule has 0 amide bonds. The van der Waals surface area contributed by atoms with E-state index < -0.39 is 0 Å². The Labute approximate surface area is 258 Å². The topological polar surface area (TPSA) is 36.9 Å². The number of benzene rings is 7. The van der Waals surface area contributed by atoms with Crippen molar-refractivity contribution in [3.05, 3.63) is 133 Å². The quantitative estimate of drug-likeness (QED) is 0.184. The zero-order valence-corrected chi connectivity index (χ0v) is 25.3. The molecule has 0 saturated carbocycles. The summed E-state index contributed by atoms with van der Waals surface area (Å²) in [6.45, 7) is 0. The van der Waals surface area contributed by atoms with Crippen molar-refractivity contribution in [1.29, 1.82) is 0 Å². The van der Waals surface area contributed by atoms with Crippen LogP contribution in [0.2, 0.25) is 0 Å². The molecule has 0 aliphatic carbocycles. The van der Waals surface area contributed by atoms with Crippen LogP contribution in [0.15, 0.2) is 133 Å². The zero-order valence-electron chi connectivity index (χ0n) is 25.3. The average molecular weight is 579 g/mol. The number of hydrogen-bond donors (Lipinski definition) is 0. The van der Waals surface area contributed by atoms with Crippen LogP contribution in [0.5, 0.6) is 23.0 Å². The van der Waals surface area contributed by atoms with Gasteiger partial charge in [0.25, 0.3) is 0 Å². The first-order valence-corrected chi connectivity index (χ1v) is 14.5. The Bertz CT molecular complexity index is 1910. The first-order chi connectivity index (χ1) is 21.6. The third kappa shape index (κ3) is 5.62. The minimum Gasteiger partial charge on any atom is -0.497 e. The van der Waals surface area contributed by atoms with E-state index in [0.717, 1.165) is 34.1 Å². The lowest BCUT2D eigenvalue weighted by Gasteiger charge is -2.12. The molecule has 4 heteroatoms. The van der Waals surface area contributed by atoms with Gasteiger partial charge in [0.2, 0.25) is 0 Å². The van der Waals surface area contributed by atoms with Gasteiger partial charge in [0.1, 0.15) is 23.0 Å². The minimum atomic E-state index is 0.859. The normalized spacial score (nSPS) is 10.7. The van der Waals surface area contributed by atoms with E-state index in [4.69, 9.17) is 18.9 Å². The lowest BCUT2D eigenvalue weighted by atomic mass is 9.94. The molecule has 218 valence electrons. The molecule has 0 aliphatic heterocycles. The van der Waals surface area contributed by atoms with Gasteiger partial charge in [-0.25, -0.2) is 0 Å². The maximum absolute atomic E-state index is 5.40. The third-order valence-electron chi connectivity index (χ3n) is 7.94. The summed E-state index contributed by atoms with van der Waals surface area (Å²) in [5, 5.41) is 7.36. The van der Waals surface area contributed by atoms with Gasteiger partial charge >= 0.3 is 0 Å². The predicted molar refractivity (Wildman–Crippen MR) is 182 cm³/mol. The summed E-state index contributed by atoms with van der Waals surface area (Å²) in [6, 6.07) is 45.6. The van der Waals surface area contributed by atoms with Crippen molar-refractivity contribution in [2.24, 2.45) is 0 Å². The van der Waals surface area contributed by atoms with Crippen LogP contribution in [0.25, 0.3) is 54.6 Å². The molecule has 0 bridgehead atoms. The summed E-state index contributed by atoms with van der Waals surface area (Å²) >= 11 is 0. The van der Waals surface area contributed by atoms with Crippen LogP contribution in [0.1, 0.15) is 0 Å². The molecule has 0 fully saturated rings. The second-order valence-corrected chi connectivity index (χ2v) is 10.4. The highest BCUT2D eigenvalue weighted by molar-refractivity contribution is 6.25. The van der Waals surface area contributed by atoms with E-state index >= 15 is 0 Å². The smallest absolute Gasteiger partial charge is 0.119 e. The molecule has 7 aromatic rings. The maximum Gasteiger partial charge on any atom is 0.119 e. The van der Waals surface area contributed by atoms with Crippen LogP contribution < -0.4 is 18.9 Å². The van der Waals surface area contributed by atoms with Crippen LogP contribution in [-0.2, 0) is 0 Å². The van der Waals surface area contributed by atoms with Crippen LogP contribution >= 0.6 is 0 Å². The second kappa shape index (κ2) is 12.8. The number of rotatable bonds is 6. The standard InChI is InChI=1S/C20H16O2.C20H18O2/c1-21-13-7-9-17-18-10-8-14(22-2)12-20(18)16-6-4-3-5-15(16)19(17)11-13;1-21-17-9-5-7-15(13-17)19-11-3-4-12-20(19)16-8-6-10-18(14-16)22-2/h3-12H,1-2H3;3-14H,1-2H3. The van der Waals surface area contributed by atoms with Crippen molar-refractivity contribution in [3.8, 4) is 45.3 Å². The summed E-state index contributed by atoms with van der Waals surface area (Å²) in [4.78, 5) is 0. The van der Waals surface area contributed by atoms with Crippen LogP contribution in [0.4, 0.5) is 0 Å². The van der Waals surface area contributed by atoms with E-state index in [2.05, 4.69) is 97.1 Å². The minimum absolute atomic E-state index is 0.859. The third-order valence-corrected chi connectivity index (χ3v) is 7.94. The fourth-order valence-corrected chi connectivity index (χ4v) is 5.74. The Morgan fingerprint density at radius 2 is 0.659 bits per heavy atom. The summed E-state index contributed by atoms with van der Waals surface area (Å²) in [6.07, 6.45) is 0. The van der Waals surface area contributed by atoms with Gasteiger partial charge in [0.05, 0.1) is 28.4 Å². The van der Waals surface area contributed by atoms with Gasteiger partial charge in [0, 0.05) is 0 Å². The number of fused-ring (bicyclic) bond motifs is 6. The van der Waals surface area contributed by atoms with Crippen LogP contribution in [-0.4, -0.2) is 28.4 Å². The lowest BCUT2D eigenvalue weighted by molar-refractivity contribution is 0.415. The summed E-state index contributed by atoms with van der Waals surface area (Å²) in [7, 11) is 6.78. The largest absolute Gasteiger partial charge is 0.497 e. The molecule has 0 aliphatic rings. The van der Waals surface area contributed by atoms with Gasteiger partial charge in [-0.1, -0.05) is 84.9 Å². The van der Waals surface area contributed by atoms with Crippen molar-refractivity contribution < 1.29 is 18.9 Å². The number of ether oxygens (including phenoxy) is 4. The van der Waals surface area contributed by atoms with E-state index in [9.17, 15) is 0 Å². The van der Waals surface area contributed by atoms with Crippen molar-refractivity contribution in [1.82, 2.24) is 0 Å².